The molecule has 124 valence electrons. The molecule has 2 heterocycles. The minimum atomic E-state index is -1.13. The highest BCUT2D eigenvalue weighted by Crippen LogP contribution is 2.31. The van der Waals surface area contributed by atoms with E-state index in [2.05, 4.69) is 5.32 Å². The van der Waals surface area contributed by atoms with Crippen molar-refractivity contribution in [1.29, 1.82) is 0 Å². The number of imide groups is 1. The highest BCUT2D eigenvalue weighted by molar-refractivity contribution is 6.22. The van der Waals surface area contributed by atoms with Crippen molar-refractivity contribution >= 4 is 11.8 Å². The first-order chi connectivity index (χ1) is 11.0. The second-order valence-electron chi connectivity index (χ2n) is 5.98. The summed E-state index contributed by atoms with van der Waals surface area (Å²) < 4.78 is 0. The predicted octanol–water partition coefficient (Wildman–Crippen LogP) is -0.437. The van der Waals surface area contributed by atoms with Crippen molar-refractivity contribution in [2.24, 2.45) is 5.73 Å². The lowest BCUT2D eigenvalue weighted by molar-refractivity contribution is -0.0413. The molecule has 1 aromatic rings. The van der Waals surface area contributed by atoms with E-state index in [0.717, 1.165) is 16.9 Å². The number of piperidine rings is 1. The maximum absolute atomic E-state index is 12.8. The number of carbonyl (C=O) groups excluding carboxylic acids is 2. The number of nitrogens with two attached hydrogens (primary N) is 1. The second-order valence-corrected chi connectivity index (χ2v) is 5.98. The van der Waals surface area contributed by atoms with E-state index < -0.39 is 18.5 Å². The highest BCUT2D eigenvalue weighted by atomic mass is 16.3. The Morgan fingerprint density at radius 1 is 1.22 bits per heavy atom. The summed E-state index contributed by atoms with van der Waals surface area (Å²) in [6.07, 6.45) is 0.146. The highest BCUT2D eigenvalue weighted by Gasteiger charge is 2.45. The van der Waals surface area contributed by atoms with Gasteiger partial charge in [0, 0.05) is 0 Å². The smallest absolute Gasteiger partial charge is 0.262 e. The Kier molecular flexibility index (Phi) is 4.45. The Morgan fingerprint density at radius 3 is 2.70 bits per heavy atom. The maximum atomic E-state index is 12.8. The largest absolute Gasteiger partial charge is 0.379 e. The van der Waals surface area contributed by atoms with Crippen molar-refractivity contribution in [2.75, 3.05) is 6.54 Å². The van der Waals surface area contributed by atoms with Crippen LogP contribution in [0.4, 0.5) is 0 Å². The third-order valence-electron chi connectivity index (χ3n) is 4.48. The zero-order chi connectivity index (χ0) is 16.6. The molecule has 3 unspecified atom stereocenters. The number of rotatable bonds is 4. The molecule has 23 heavy (non-hydrogen) atoms. The van der Waals surface area contributed by atoms with Gasteiger partial charge in [0.25, 0.3) is 11.8 Å². The van der Waals surface area contributed by atoms with Gasteiger partial charge in [-0.2, -0.15) is 0 Å². The topological polar surface area (TPSA) is 116 Å². The van der Waals surface area contributed by atoms with Crippen LogP contribution in [0.1, 0.15) is 45.5 Å². The molecular formula is C16H21N3O4. The molecule has 0 bridgehead atoms. The van der Waals surface area contributed by atoms with Gasteiger partial charge < -0.3 is 15.9 Å². The summed E-state index contributed by atoms with van der Waals surface area (Å²) in [5.74, 6) is -0.762. The van der Waals surface area contributed by atoms with E-state index in [-0.39, 0.29) is 11.8 Å². The molecule has 0 aliphatic carbocycles. The average Bonchev–Trinajstić information content (AvgIpc) is 2.78. The lowest BCUT2D eigenvalue weighted by Gasteiger charge is -2.36. The number of fused-ring (bicyclic) bond motifs is 1. The lowest BCUT2D eigenvalue weighted by atomic mass is 9.99. The van der Waals surface area contributed by atoms with Gasteiger partial charge in [-0.3, -0.25) is 19.8 Å². The van der Waals surface area contributed by atoms with Gasteiger partial charge in [-0.05, 0) is 43.9 Å². The van der Waals surface area contributed by atoms with Gasteiger partial charge in [0.15, 0.2) is 0 Å². The molecule has 2 aliphatic heterocycles. The third-order valence-corrected chi connectivity index (χ3v) is 4.48. The maximum Gasteiger partial charge on any atom is 0.262 e. The van der Waals surface area contributed by atoms with Crippen LogP contribution < -0.4 is 11.1 Å². The van der Waals surface area contributed by atoms with Crippen LogP contribution in [-0.2, 0) is 6.42 Å². The summed E-state index contributed by atoms with van der Waals surface area (Å²) >= 11 is 0. The van der Waals surface area contributed by atoms with Gasteiger partial charge >= 0.3 is 0 Å². The number of nitrogens with zero attached hydrogens (tertiary/aromatic N) is 1. The third kappa shape index (κ3) is 2.76. The van der Waals surface area contributed by atoms with Crippen molar-refractivity contribution in [3.05, 3.63) is 34.9 Å². The van der Waals surface area contributed by atoms with Gasteiger partial charge in [-0.1, -0.05) is 12.1 Å². The number of hydrogen-bond acceptors (Lipinski definition) is 6. The van der Waals surface area contributed by atoms with E-state index in [1.54, 1.807) is 12.1 Å². The molecule has 7 nitrogen and oxygen atoms in total. The van der Waals surface area contributed by atoms with E-state index in [1.807, 2.05) is 6.07 Å². The summed E-state index contributed by atoms with van der Waals surface area (Å²) in [5.41, 5.74) is 7.14. The van der Waals surface area contributed by atoms with Crippen molar-refractivity contribution in [2.45, 2.75) is 44.2 Å². The Morgan fingerprint density at radius 2 is 2.00 bits per heavy atom. The van der Waals surface area contributed by atoms with Gasteiger partial charge in [0.05, 0.1) is 17.2 Å². The molecule has 5 N–H and O–H groups in total. The average molecular weight is 319 g/mol. The number of aliphatic hydroxyl groups is 2. The zero-order valence-electron chi connectivity index (χ0n) is 12.7. The minimum Gasteiger partial charge on any atom is -0.379 e. The molecule has 1 saturated heterocycles. The number of aliphatic hydroxyl groups excluding tert-OH is 2. The number of nitrogens with one attached hydrogen (secondary N) is 1. The standard InChI is InChI=1S/C16H21N3O4/c17-8-2-4-9-3-1-5-10-13(9)16(23)19(15(10)22)11-6-7-12(20)18-14(11)21/h1,3,5,11-12,14,18,20-21H,2,4,6-8,17H2. The number of hydrogen-bond donors (Lipinski definition) is 4. The van der Waals surface area contributed by atoms with Crippen LogP contribution >= 0.6 is 0 Å². The lowest BCUT2D eigenvalue weighted by Crippen LogP contribution is -2.58. The van der Waals surface area contributed by atoms with Crippen LogP contribution in [0, 0.1) is 0 Å². The molecule has 2 aliphatic rings. The fourth-order valence-electron chi connectivity index (χ4n) is 3.32. The van der Waals surface area contributed by atoms with Crippen LogP contribution in [0.3, 0.4) is 0 Å². The Bertz CT molecular complexity index is 634. The number of amides is 2. The summed E-state index contributed by atoms with van der Waals surface area (Å²) in [7, 11) is 0. The van der Waals surface area contributed by atoms with E-state index in [1.165, 1.54) is 0 Å². The molecule has 7 heteroatoms. The monoisotopic (exact) mass is 319 g/mol. The SMILES string of the molecule is NCCCc1cccc2c1C(=O)N(C1CCC(O)NC1O)C2=O. The van der Waals surface area contributed by atoms with Crippen molar-refractivity contribution in [3.63, 3.8) is 0 Å². The van der Waals surface area contributed by atoms with Gasteiger partial charge in [-0.25, -0.2) is 0 Å². The van der Waals surface area contributed by atoms with E-state index in [4.69, 9.17) is 5.73 Å². The Labute approximate surface area is 134 Å². The van der Waals surface area contributed by atoms with Gasteiger partial charge in [0.1, 0.15) is 12.5 Å². The number of benzene rings is 1. The molecule has 0 radical (unpaired) electrons. The molecule has 2 amide bonds. The molecular weight excluding hydrogens is 298 g/mol. The fourth-order valence-corrected chi connectivity index (χ4v) is 3.32. The van der Waals surface area contributed by atoms with E-state index >= 15 is 0 Å². The Hall–Kier alpha value is -1.80. The molecule has 1 fully saturated rings. The van der Waals surface area contributed by atoms with Crippen molar-refractivity contribution in [1.82, 2.24) is 10.2 Å². The van der Waals surface area contributed by atoms with Crippen LogP contribution in [0.5, 0.6) is 0 Å². The number of aryl methyl sites for hydroxylation is 1. The van der Waals surface area contributed by atoms with Gasteiger partial charge in [-0.15, -0.1) is 0 Å². The normalized spacial score (nSPS) is 27.4. The zero-order valence-corrected chi connectivity index (χ0v) is 12.7. The molecule has 0 saturated carbocycles. The summed E-state index contributed by atoms with van der Waals surface area (Å²) in [6, 6.07) is 4.56. The summed E-state index contributed by atoms with van der Waals surface area (Å²) in [6.45, 7) is 0.513. The molecule has 0 spiro atoms. The fraction of sp³-hybridized carbons (Fsp3) is 0.500. The molecule has 1 aromatic carbocycles. The van der Waals surface area contributed by atoms with Gasteiger partial charge in [0.2, 0.25) is 0 Å². The van der Waals surface area contributed by atoms with Crippen LogP contribution in [-0.4, -0.2) is 52.0 Å². The molecule has 3 rings (SSSR count). The summed E-state index contributed by atoms with van der Waals surface area (Å²) in [4.78, 5) is 26.6. The first-order valence-electron chi connectivity index (χ1n) is 7.86. The van der Waals surface area contributed by atoms with Crippen molar-refractivity contribution < 1.29 is 19.8 Å². The van der Waals surface area contributed by atoms with Crippen LogP contribution in [0.2, 0.25) is 0 Å². The summed E-state index contributed by atoms with van der Waals surface area (Å²) in [5, 5.41) is 22.2. The quantitative estimate of drug-likeness (QED) is 0.559. The minimum absolute atomic E-state index is 0.360. The van der Waals surface area contributed by atoms with Crippen LogP contribution in [0.15, 0.2) is 18.2 Å². The first kappa shape index (κ1) is 16.1. The predicted molar refractivity (Wildman–Crippen MR) is 82.5 cm³/mol. The van der Waals surface area contributed by atoms with Crippen LogP contribution in [0.25, 0.3) is 0 Å². The van der Waals surface area contributed by atoms with Crippen molar-refractivity contribution in [3.8, 4) is 0 Å². The molecule has 3 atom stereocenters. The van der Waals surface area contributed by atoms with E-state index in [0.29, 0.717) is 36.9 Å². The number of carbonyl (C=O) groups is 2. The first-order valence-corrected chi connectivity index (χ1v) is 7.86. The Balaban J connectivity index is 1.91. The second kappa shape index (κ2) is 6.37. The van der Waals surface area contributed by atoms with E-state index in [9.17, 15) is 19.8 Å². The molecule has 0 aromatic heterocycles.